The highest BCUT2D eigenvalue weighted by Crippen LogP contribution is 1.94. The molecule has 0 atom stereocenters. The molecule has 2 N–H and O–H groups in total. The lowest BCUT2D eigenvalue weighted by Gasteiger charge is -1.98. The lowest BCUT2D eigenvalue weighted by Crippen LogP contribution is -2.24. The molecule has 0 aliphatic heterocycles. The third-order valence-electron chi connectivity index (χ3n) is 1.07. The molecule has 0 saturated carbocycles. The lowest BCUT2D eigenvalue weighted by atomic mass is 10.3. The number of carbonyl (C=O) groups is 3. The number of sulfone groups is 1. The fourth-order valence-electron chi connectivity index (χ4n) is 0.704. The molecule has 0 heterocycles. The molecule has 0 saturated heterocycles. The van der Waals surface area contributed by atoms with Gasteiger partial charge in [0.1, 0.15) is 17.9 Å². The monoisotopic (exact) mass is 224 g/mol. The molecule has 0 unspecified atom stereocenters. The molecule has 7 nitrogen and oxygen atoms in total. The van der Waals surface area contributed by atoms with Crippen molar-refractivity contribution in [2.24, 2.45) is 0 Å². The van der Waals surface area contributed by atoms with Gasteiger partial charge < -0.3 is 10.2 Å². The molecule has 0 radical (unpaired) electrons. The Bertz CT molecular complexity index is 352. The molecule has 0 aromatic carbocycles. The van der Waals surface area contributed by atoms with E-state index >= 15 is 0 Å². The van der Waals surface area contributed by atoms with Crippen LogP contribution in [0.25, 0.3) is 0 Å². The first-order valence-electron chi connectivity index (χ1n) is 3.38. The van der Waals surface area contributed by atoms with Crippen LogP contribution in [0.2, 0.25) is 0 Å². The van der Waals surface area contributed by atoms with Gasteiger partial charge in [-0.2, -0.15) is 0 Å². The number of hydrogen-bond acceptors (Lipinski definition) is 5. The predicted octanol–water partition coefficient (Wildman–Crippen LogP) is -1.47. The highest BCUT2D eigenvalue weighted by atomic mass is 32.2. The van der Waals surface area contributed by atoms with Crippen LogP contribution in [-0.2, 0) is 24.2 Å². The Labute approximate surface area is 79.3 Å². The fraction of sp³-hybridized carbons (Fsp3) is 0.500. The molecule has 8 heteroatoms. The van der Waals surface area contributed by atoms with Gasteiger partial charge in [-0.25, -0.2) is 8.42 Å². The minimum atomic E-state index is -4.04. The Morgan fingerprint density at radius 1 is 0.929 bits per heavy atom. The number of carbonyl (C=O) groups excluding carboxylic acids is 1. The van der Waals surface area contributed by atoms with E-state index in [0.29, 0.717) is 0 Å². The molecular formula is C6H8O7S. The summed E-state index contributed by atoms with van der Waals surface area (Å²) in [6.07, 6.45) is -0.918. The number of carboxylic acids is 2. The van der Waals surface area contributed by atoms with Gasteiger partial charge in [-0.15, -0.1) is 0 Å². The van der Waals surface area contributed by atoms with E-state index in [2.05, 4.69) is 0 Å². The maximum absolute atomic E-state index is 10.8. The number of carboxylic acid groups (broad SMARTS) is 2. The smallest absolute Gasteiger partial charge is 0.318 e. The first-order chi connectivity index (χ1) is 6.23. The van der Waals surface area contributed by atoms with E-state index in [9.17, 15) is 22.8 Å². The van der Waals surface area contributed by atoms with E-state index in [-0.39, 0.29) is 0 Å². The average Bonchev–Trinajstić information content (AvgIpc) is 1.77. The fourth-order valence-corrected chi connectivity index (χ4v) is 1.78. The topological polar surface area (TPSA) is 126 Å². The number of hydrogen-bond donors (Lipinski definition) is 2. The molecule has 0 aliphatic carbocycles. The van der Waals surface area contributed by atoms with Crippen LogP contribution in [0.3, 0.4) is 0 Å². The Balaban J connectivity index is 4.30. The zero-order valence-corrected chi connectivity index (χ0v) is 7.78. The first-order valence-corrected chi connectivity index (χ1v) is 5.21. The summed E-state index contributed by atoms with van der Waals surface area (Å²) >= 11 is 0. The van der Waals surface area contributed by atoms with Crippen LogP contribution in [0.4, 0.5) is 0 Å². The normalized spacial score (nSPS) is 10.9. The van der Waals surface area contributed by atoms with E-state index in [0.717, 1.165) is 0 Å². The van der Waals surface area contributed by atoms with Gasteiger partial charge in [-0.1, -0.05) is 0 Å². The summed E-state index contributed by atoms with van der Waals surface area (Å²) < 4.78 is 21.7. The van der Waals surface area contributed by atoms with E-state index in [4.69, 9.17) is 10.2 Å². The summed E-state index contributed by atoms with van der Waals surface area (Å²) in [7, 11) is -4.04. The van der Waals surface area contributed by atoms with Crippen molar-refractivity contribution in [3.05, 3.63) is 0 Å². The molecule has 0 amide bonds. The SMILES string of the molecule is O=C(O)CC(=O)CS(=O)(=O)CC(=O)O. The highest BCUT2D eigenvalue weighted by Gasteiger charge is 2.21. The van der Waals surface area contributed by atoms with Crippen LogP contribution >= 0.6 is 0 Å². The minimum absolute atomic E-state index is 0.918. The van der Waals surface area contributed by atoms with Crippen molar-refractivity contribution in [2.75, 3.05) is 11.5 Å². The Morgan fingerprint density at radius 2 is 1.43 bits per heavy atom. The van der Waals surface area contributed by atoms with Crippen LogP contribution in [0.15, 0.2) is 0 Å². The second kappa shape index (κ2) is 4.70. The van der Waals surface area contributed by atoms with Crippen molar-refractivity contribution < 1.29 is 33.0 Å². The molecule has 0 rings (SSSR count). The van der Waals surface area contributed by atoms with Crippen molar-refractivity contribution in [3.8, 4) is 0 Å². The van der Waals surface area contributed by atoms with Gasteiger partial charge in [-0.05, 0) is 0 Å². The van der Waals surface area contributed by atoms with Gasteiger partial charge in [0.25, 0.3) is 0 Å². The quantitative estimate of drug-likeness (QED) is 0.527. The number of rotatable bonds is 6. The number of ketones is 1. The highest BCUT2D eigenvalue weighted by molar-refractivity contribution is 7.92. The molecule has 14 heavy (non-hydrogen) atoms. The molecular weight excluding hydrogens is 216 g/mol. The van der Waals surface area contributed by atoms with Crippen molar-refractivity contribution >= 4 is 27.6 Å². The van der Waals surface area contributed by atoms with Crippen LogP contribution < -0.4 is 0 Å². The molecule has 0 bridgehead atoms. The molecule has 0 aliphatic rings. The van der Waals surface area contributed by atoms with Gasteiger partial charge in [0, 0.05) is 0 Å². The number of aliphatic carboxylic acids is 2. The molecule has 0 aromatic rings. The van der Waals surface area contributed by atoms with Gasteiger partial charge in [0.2, 0.25) is 0 Å². The van der Waals surface area contributed by atoms with Crippen molar-refractivity contribution in [2.45, 2.75) is 6.42 Å². The summed E-state index contributed by atoms with van der Waals surface area (Å²) in [6.45, 7) is 0. The zero-order chi connectivity index (χ0) is 11.4. The predicted molar refractivity (Wildman–Crippen MR) is 43.5 cm³/mol. The van der Waals surface area contributed by atoms with Crippen molar-refractivity contribution in [1.29, 1.82) is 0 Å². The van der Waals surface area contributed by atoms with Crippen molar-refractivity contribution in [1.82, 2.24) is 0 Å². The van der Waals surface area contributed by atoms with Crippen LogP contribution in [0.5, 0.6) is 0 Å². The van der Waals surface area contributed by atoms with Crippen LogP contribution in [0, 0.1) is 0 Å². The Kier molecular flexibility index (Phi) is 4.22. The Morgan fingerprint density at radius 3 is 1.79 bits per heavy atom. The van der Waals surface area contributed by atoms with E-state index in [1.54, 1.807) is 0 Å². The second-order valence-corrected chi connectivity index (χ2v) is 4.60. The Hall–Kier alpha value is -1.44. The van der Waals surface area contributed by atoms with Gasteiger partial charge in [-0.3, -0.25) is 14.4 Å². The summed E-state index contributed by atoms with van der Waals surface area (Å²) in [6, 6.07) is 0. The minimum Gasteiger partial charge on any atom is -0.481 e. The summed E-state index contributed by atoms with van der Waals surface area (Å²) in [5, 5.41) is 16.3. The molecule has 0 fully saturated rings. The molecule has 0 aromatic heterocycles. The standard InChI is InChI=1S/C6H8O7S/c7-4(1-5(8)9)2-14(12,13)3-6(10)11/h1-3H2,(H,8,9)(H,10,11). The van der Waals surface area contributed by atoms with E-state index in [1.807, 2.05) is 0 Å². The largest absolute Gasteiger partial charge is 0.481 e. The number of Topliss-reactive ketones (excluding diaryl/α,β-unsaturated/α-hetero) is 1. The maximum atomic E-state index is 10.8. The third-order valence-corrected chi connectivity index (χ3v) is 2.52. The second-order valence-electron chi connectivity index (χ2n) is 2.54. The zero-order valence-electron chi connectivity index (χ0n) is 6.97. The first kappa shape index (κ1) is 12.6. The van der Waals surface area contributed by atoms with Crippen LogP contribution in [0.1, 0.15) is 6.42 Å². The van der Waals surface area contributed by atoms with E-state index in [1.165, 1.54) is 0 Å². The van der Waals surface area contributed by atoms with Gasteiger partial charge in [0.05, 0.1) is 0 Å². The van der Waals surface area contributed by atoms with Crippen molar-refractivity contribution in [3.63, 3.8) is 0 Å². The average molecular weight is 224 g/mol. The summed E-state index contributed by atoms with van der Waals surface area (Å²) in [4.78, 5) is 30.7. The van der Waals surface area contributed by atoms with Gasteiger partial charge in [0.15, 0.2) is 15.6 Å². The van der Waals surface area contributed by atoms with Crippen LogP contribution in [-0.4, -0.2) is 47.9 Å². The summed E-state index contributed by atoms with van der Waals surface area (Å²) in [5.74, 6) is -6.27. The third kappa shape index (κ3) is 6.12. The van der Waals surface area contributed by atoms with E-state index < -0.39 is 45.5 Å². The van der Waals surface area contributed by atoms with Gasteiger partial charge >= 0.3 is 11.9 Å². The summed E-state index contributed by atoms with van der Waals surface area (Å²) in [5.41, 5.74) is 0. The maximum Gasteiger partial charge on any atom is 0.318 e. The molecule has 0 spiro atoms. The molecule has 80 valence electrons. The lowest BCUT2D eigenvalue weighted by molar-refractivity contribution is -0.139.